The normalized spacial score (nSPS) is 22.6. The molecule has 2 N–H and O–H groups in total. The van der Waals surface area contributed by atoms with Crippen LogP contribution >= 0.6 is 0 Å². The van der Waals surface area contributed by atoms with Crippen LogP contribution in [0.4, 0.5) is 5.69 Å². The Morgan fingerprint density at radius 2 is 2.19 bits per heavy atom. The summed E-state index contributed by atoms with van der Waals surface area (Å²) in [6.45, 7) is 8.22. The molecule has 0 aromatic heterocycles. The maximum atomic E-state index is 12.7. The van der Waals surface area contributed by atoms with Crippen molar-refractivity contribution in [3.63, 3.8) is 0 Å². The number of hydrogen-bond acceptors (Lipinski definition) is 4. The summed E-state index contributed by atoms with van der Waals surface area (Å²) in [5.41, 5.74) is 7.68. The van der Waals surface area contributed by atoms with Gasteiger partial charge in [-0.2, -0.15) is 0 Å². The minimum atomic E-state index is -0.361. The first-order valence-corrected chi connectivity index (χ1v) is 12.3. The van der Waals surface area contributed by atoms with E-state index in [2.05, 4.69) is 19.2 Å². The van der Waals surface area contributed by atoms with Crippen molar-refractivity contribution in [2.75, 3.05) is 23.0 Å². The van der Waals surface area contributed by atoms with Crippen molar-refractivity contribution in [2.24, 2.45) is 5.92 Å². The van der Waals surface area contributed by atoms with Gasteiger partial charge in [0.1, 0.15) is 0 Å². The molecule has 1 amide bonds. The van der Waals surface area contributed by atoms with Crippen LogP contribution in [0.5, 0.6) is 5.75 Å². The second-order valence-electron chi connectivity index (χ2n) is 7.88. The van der Waals surface area contributed by atoms with Gasteiger partial charge in [0.25, 0.3) is 0 Å². The molecule has 2 rings (SSSR count). The maximum absolute atomic E-state index is 12.7. The molecule has 0 saturated heterocycles. The number of fused-ring (bicyclic) bond motifs is 1. The van der Waals surface area contributed by atoms with Crippen LogP contribution in [0.2, 0.25) is 0 Å². The van der Waals surface area contributed by atoms with E-state index in [1.165, 1.54) is 0 Å². The molecule has 1 heterocycles. The Labute approximate surface area is 174 Å². The molecule has 0 saturated carbocycles. The average Bonchev–Trinajstić information content (AvgIpc) is 2.61. The van der Waals surface area contributed by atoms with Gasteiger partial charge in [-0.05, 0) is 0 Å². The van der Waals surface area contributed by atoms with Gasteiger partial charge in [0, 0.05) is 0 Å². The Morgan fingerprint density at radius 3 is 2.74 bits per heavy atom. The molecule has 5 nitrogen and oxygen atoms in total. The number of anilines is 1. The van der Waals surface area contributed by atoms with Gasteiger partial charge in [-0.25, -0.2) is 0 Å². The number of aliphatic hydroxyl groups is 1. The van der Waals surface area contributed by atoms with Crippen LogP contribution in [0.15, 0.2) is 18.2 Å². The summed E-state index contributed by atoms with van der Waals surface area (Å²) in [7, 11) is 1.95. The topological polar surface area (TPSA) is 61.8 Å². The molecule has 1 aliphatic heterocycles. The first kappa shape index (κ1) is 22.3. The molecule has 3 atom stereocenters. The van der Waals surface area contributed by atoms with Crippen molar-refractivity contribution in [3.05, 3.63) is 23.8 Å². The molecule has 0 bridgehead atoms. The summed E-state index contributed by atoms with van der Waals surface area (Å²) >= 11 is -0.361. The molecule has 1 aromatic rings. The summed E-state index contributed by atoms with van der Waals surface area (Å²) in [5, 5.41) is 12.7. The molecule has 1 aromatic carbocycles. The van der Waals surface area contributed by atoms with Gasteiger partial charge in [0.15, 0.2) is 0 Å². The molecular formula is C20H31BIN2O3-. The zero-order valence-electron chi connectivity index (χ0n) is 17.0. The second kappa shape index (κ2) is 9.50. The van der Waals surface area contributed by atoms with E-state index in [-0.39, 0.29) is 57.1 Å². The van der Waals surface area contributed by atoms with Gasteiger partial charge in [-0.3, -0.25) is 0 Å². The van der Waals surface area contributed by atoms with Crippen LogP contribution in [0, 0.1) is 5.92 Å². The molecule has 0 fully saturated rings. The van der Waals surface area contributed by atoms with Crippen LogP contribution in [0.3, 0.4) is 0 Å². The van der Waals surface area contributed by atoms with Gasteiger partial charge >= 0.3 is 175 Å². The van der Waals surface area contributed by atoms with Crippen molar-refractivity contribution in [3.8, 4) is 5.75 Å². The Hall–Kier alpha value is -0.955. The van der Waals surface area contributed by atoms with E-state index in [1.54, 1.807) is 0 Å². The van der Waals surface area contributed by atoms with Crippen molar-refractivity contribution in [1.29, 1.82) is 0 Å². The zero-order chi connectivity index (χ0) is 20.2. The standard InChI is InChI=1S/C20H31BIN2O3/c1-6-20(4,12-22-21)27-16-8-7-14-9-15(11-25)23-19(26)18(13(2)3)24(5)17(14)10-16/h7-8,10,13,15,18,25H,6,9,11-12H2,1-5H3,(H,23,26)/q-1/t15-,18-,20?/m1/s1. The first-order valence-electron chi connectivity index (χ1n) is 9.48. The fourth-order valence-electron chi connectivity index (χ4n) is 3.54. The van der Waals surface area contributed by atoms with Crippen LogP contribution < -0.4 is 35.9 Å². The number of hydrogen-bond donors (Lipinski definition) is 2. The number of carbonyl (C=O) groups is 1. The Kier molecular flexibility index (Phi) is 7.86. The van der Waals surface area contributed by atoms with E-state index in [0.717, 1.165) is 27.8 Å². The monoisotopic (exact) mass is 485 g/mol. The molecule has 150 valence electrons. The first-order chi connectivity index (χ1) is 12.7. The third-order valence-electron chi connectivity index (χ3n) is 5.26. The number of carbonyl (C=O) groups excluding carboxylic acids is 1. The summed E-state index contributed by atoms with van der Waals surface area (Å²) in [5.74, 6) is 0.883. The predicted octanol–water partition coefficient (Wildman–Crippen LogP) is -1.10. The summed E-state index contributed by atoms with van der Waals surface area (Å²) < 4.78 is 7.21. The minimum absolute atomic E-state index is 0.0465. The van der Waals surface area contributed by atoms with E-state index >= 15 is 0 Å². The van der Waals surface area contributed by atoms with E-state index in [9.17, 15) is 9.90 Å². The van der Waals surface area contributed by atoms with E-state index in [1.807, 2.05) is 44.0 Å². The number of amides is 1. The molecular weight excluding hydrogens is 454 g/mol. The van der Waals surface area contributed by atoms with Gasteiger partial charge in [0.05, 0.1) is 0 Å². The molecule has 27 heavy (non-hydrogen) atoms. The zero-order valence-corrected chi connectivity index (χ0v) is 19.1. The third-order valence-corrected chi connectivity index (χ3v) is 7.31. The van der Waals surface area contributed by atoms with Crippen LogP contribution in [-0.2, 0) is 11.2 Å². The number of nitrogens with one attached hydrogen (secondary N) is 1. The number of halogens is 1. The molecule has 7 heteroatoms. The van der Waals surface area contributed by atoms with Crippen molar-refractivity contribution in [1.82, 2.24) is 5.32 Å². The SMILES string of the molecule is [B][I-]CC(C)(CC)Oc1ccc2c(c1)N(C)[C@H](C(C)C)C(=O)N[C@@H](CO)C2. The number of benzene rings is 1. The summed E-state index contributed by atoms with van der Waals surface area (Å²) in [6.07, 6.45) is 1.48. The van der Waals surface area contributed by atoms with E-state index < -0.39 is 0 Å². The second-order valence-corrected chi connectivity index (χ2v) is 9.52. The molecule has 0 spiro atoms. The molecule has 2 radical (unpaired) electrons. The predicted molar refractivity (Wildman–Crippen MR) is 106 cm³/mol. The van der Waals surface area contributed by atoms with Crippen LogP contribution in [-0.4, -0.2) is 52.5 Å². The number of ether oxygens (including phenoxy) is 1. The van der Waals surface area contributed by atoms with Gasteiger partial charge in [-0.1, -0.05) is 0 Å². The molecule has 0 aliphatic carbocycles. The third kappa shape index (κ3) is 5.31. The van der Waals surface area contributed by atoms with Crippen molar-refractivity contribution >= 4 is 17.3 Å². The molecule has 1 unspecified atom stereocenters. The van der Waals surface area contributed by atoms with E-state index in [0.29, 0.717) is 6.42 Å². The number of likely N-dealkylation sites (N-methyl/N-ethyl adjacent to an activating group) is 1. The Bertz CT molecular complexity index is 658. The Balaban J connectivity index is 2.44. The summed E-state index contributed by atoms with van der Waals surface area (Å²) in [4.78, 5) is 14.8. The van der Waals surface area contributed by atoms with Gasteiger partial charge < -0.3 is 0 Å². The van der Waals surface area contributed by atoms with Crippen molar-refractivity contribution in [2.45, 2.75) is 58.2 Å². The fourth-order valence-corrected chi connectivity index (χ4v) is 5.17. The fraction of sp³-hybridized carbons (Fsp3) is 0.650. The quantitative estimate of drug-likeness (QED) is 0.293. The Morgan fingerprint density at radius 1 is 1.48 bits per heavy atom. The number of nitrogens with zero attached hydrogens (tertiary/aromatic N) is 1. The number of rotatable bonds is 7. The van der Waals surface area contributed by atoms with Crippen LogP contribution in [0.25, 0.3) is 0 Å². The van der Waals surface area contributed by atoms with Gasteiger partial charge in [0.2, 0.25) is 0 Å². The number of aliphatic hydroxyl groups excluding tert-OH is 1. The number of alkyl halides is 1. The van der Waals surface area contributed by atoms with Gasteiger partial charge in [-0.15, -0.1) is 0 Å². The summed E-state index contributed by atoms with van der Waals surface area (Å²) in [6, 6.07) is 5.48. The van der Waals surface area contributed by atoms with Crippen molar-refractivity contribution < 1.29 is 35.6 Å². The van der Waals surface area contributed by atoms with Crippen LogP contribution in [0.1, 0.15) is 39.7 Å². The van der Waals surface area contributed by atoms with E-state index in [4.69, 9.17) is 10.4 Å². The molecule has 1 aliphatic rings. The average molecular weight is 485 g/mol.